The summed E-state index contributed by atoms with van der Waals surface area (Å²) in [6.07, 6.45) is 0. The molecule has 0 unspecified atom stereocenters. The molecule has 0 spiro atoms. The topological polar surface area (TPSA) is 38.8 Å². The minimum absolute atomic E-state index is 0.0846. The summed E-state index contributed by atoms with van der Waals surface area (Å²) in [5.74, 6) is 1.60. The van der Waals surface area contributed by atoms with Crippen LogP contribution in [0.1, 0.15) is 32.6 Å². The molecule has 0 atom stereocenters. The molecule has 5 heteroatoms. The van der Waals surface area contributed by atoms with Crippen molar-refractivity contribution in [2.24, 2.45) is 0 Å². The van der Waals surface area contributed by atoms with Gasteiger partial charge in [-0.25, -0.2) is 0 Å². The van der Waals surface area contributed by atoms with Gasteiger partial charge in [-0.15, -0.1) is 11.3 Å². The van der Waals surface area contributed by atoms with Crippen molar-refractivity contribution in [3.63, 3.8) is 0 Å². The van der Waals surface area contributed by atoms with E-state index >= 15 is 0 Å². The molecule has 1 amide bonds. The highest BCUT2D eigenvalue weighted by atomic mass is 32.1. The van der Waals surface area contributed by atoms with Crippen molar-refractivity contribution >= 4 is 17.2 Å². The Balaban J connectivity index is 1.78. The van der Waals surface area contributed by atoms with Crippen LogP contribution in [-0.4, -0.2) is 24.1 Å². The van der Waals surface area contributed by atoms with Crippen molar-refractivity contribution in [3.05, 3.63) is 45.1 Å². The van der Waals surface area contributed by atoms with Crippen LogP contribution in [0.2, 0.25) is 0 Å². The molecule has 4 nitrogen and oxygen atoms in total. The van der Waals surface area contributed by atoms with Crippen LogP contribution >= 0.6 is 11.3 Å². The molecule has 0 bridgehead atoms. The monoisotopic (exact) mass is 317 g/mol. The third kappa shape index (κ3) is 2.81. The fraction of sp³-hybridized carbons (Fsp3) is 0.353. The molecule has 1 aromatic heterocycles. The quantitative estimate of drug-likeness (QED) is 0.862. The number of hydrogen-bond donors (Lipinski definition) is 0. The summed E-state index contributed by atoms with van der Waals surface area (Å²) in [5.41, 5.74) is 2.22. The van der Waals surface area contributed by atoms with Crippen molar-refractivity contribution in [2.75, 3.05) is 13.3 Å². The predicted octanol–water partition coefficient (Wildman–Crippen LogP) is 3.76. The second-order valence-corrected chi connectivity index (χ2v) is 6.61. The van der Waals surface area contributed by atoms with Gasteiger partial charge in [0.25, 0.3) is 5.91 Å². The van der Waals surface area contributed by atoms with Gasteiger partial charge in [0.15, 0.2) is 11.5 Å². The molecule has 1 aliphatic rings. The highest BCUT2D eigenvalue weighted by Crippen LogP contribution is 2.33. The number of thiophene rings is 1. The maximum Gasteiger partial charge on any atom is 0.264 e. The van der Waals surface area contributed by atoms with Crippen LogP contribution < -0.4 is 9.47 Å². The van der Waals surface area contributed by atoms with E-state index in [2.05, 4.69) is 0 Å². The van der Waals surface area contributed by atoms with Crippen LogP contribution in [0.3, 0.4) is 0 Å². The van der Waals surface area contributed by atoms with Crippen molar-refractivity contribution in [1.82, 2.24) is 4.90 Å². The molecule has 2 aromatic rings. The first-order valence-electron chi connectivity index (χ1n) is 7.33. The lowest BCUT2D eigenvalue weighted by atomic mass is 10.2. The first kappa shape index (κ1) is 14.9. The number of ether oxygens (including phenoxy) is 2. The van der Waals surface area contributed by atoms with E-state index in [-0.39, 0.29) is 12.7 Å². The lowest BCUT2D eigenvalue weighted by molar-refractivity contribution is 0.0757. The third-order valence-corrected chi connectivity index (χ3v) is 5.00. The zero-order valence-electron chi connectivity index (χ0n) is 13.0. The van der Waals surface area contributed by atoms with Gasteiger partial charge < -0.3 is 14.4 Å². The van der Waals surface area contributed by atoms with E-state index in [0.29, 0.717) is 13.1 Å². The van der Waals surface area contributed by atoms with E-state index in [9.17, 15) is 4.79 Å². The van der Waals surface area contributed by atoms with E-state index in [1.54, 1.807) is 11.3 Å². The molecular weight excluding hydrogens is 298 g/mol. The fourth-order valence-corrected chi connectivity index (χ4v) is 3.42. The first-order valence-corrected chi connectivity index (χ1v) is 8.15. The Hall–Kier alpha value is -2.01. The molecule has 1 aliphatic heterocycles. The summed E-state index contributed by atoms with van der Waals surface area (Å²) in [6, 6.07) is 7.80. The van der Waals surface area contributed by atoms with Crippen molar-refractivity contribution in [2.45, 2.75) is 27.3 Å². The summed E-state index contributed by atoms with van der Waals surface area (Å²) in [5, 5.41) is 0. The predicted molar refractivity (Wildman–Crippen MR) is 86.8 cm³/mol. The SMILES string of the molecule is CCN(Cc1ccc2c(c1)OCO2)C(=O)c1cc(C)c(C)s1. The highest BCUT2D eigenvalue weighted by molar-refractivity contribution is 7.14. The molecule has 0 saturated carbocycles. The Morgan fingerprint density at radius 1 is 1.23 bits per heavy atom. The van der Waals surface area contributed by atoms with E-state index in [0.717, 1.165) is 21.9 Å². The number of hydrogen-bond acceptors (Lipinski definition) is 4. The molecule has 22 heavy (non-hydrogen) atoms. The Bertz CT molecular complexity index is 688. The smallest absolute Gasteiger partial charge is 0.264 e. The normalized spacial score (nSPS) is 12.5. The number of aryl methyl sites for hydroxylation is 2. The number of carbonyl (C=O) groups is 1. The van der Waals surface area contributed by atoms with Gasteiger partial charge in [-0.2, -0.15) is 0 Å². The lowest BCUT2D eigenvalue weighted by Gasteiger charge is -2.20. The molecule has 1 aromatic carbocycles. The number of fused-ring (bicyclic) bond motifs is 1. The standard InChI is InChI=1S/C17H19NO3S/c1-4-18(17(19)16-7-11(2)12(3)22-16)9-13-5-6-14-15(8-13)21-10-20-14/h5-8H,4,9-10H2,1-3H3. The van der Waals surface area contributed by atoms with E-state index in [1.165, 1.54) is 10.4 Å². The van der Waals surface area contributed by atoms with Gasteiger partial charge in [-0.3, -0.25) is 4.79 Å². The summed E-state index contributed by atoms with van der Waals surface area (Å²) < 4.78 is 10.7. The first-order chi connectivity index (χ1) is 10.6. The molecule has 116 valence electrons. The van der Waals surface area contributed by atoms with Gasteiger partial charge >= 0.3 is 0 Å². The molecular formula is C17H19NO3S. The van der Waals surface area contributed by atoms with Crippen LogP contribution in [0.15, 0.2) is 24.3 Å². The molecule has 0 radical (unpaired) electrons. The summed E-state index contributed by atoms with van der Waals surface area (Å²) >= 11 is 1.56. The number of carbonyl (C=O) groups excluding carboxylic acids is 1. The summed E-state index contributed by atoms with van der Waals surface area (Å²) in [6.45, 7) is 7.59. The molecule has 2 heterocycles. The third-order valence-electron chi connectivity index (χ3n) is 3.86. The van der Waals surface area contributed by atoms with Gasteiger partial charge in [-0.1, -0.05) is 6.07 Å². The number of benzene rings is 1. The average Bonchev–Trinajstić information content (AvgIpc) is 3.10. The van der Waals surface area contributed by atoms with Crippen LogP contribution in [0.4, 0.5) is 0 Å². The van der Waals surface area contributed by atoms with Gasteiger partial charge in [-0.05, 0) is 50.1 Å². The van der Waals surface area contributed by atoms with Crippen molar-refractivity contribution < 1.29 is 14.3 Å². The molecule has 0 fully saturated rings. The largest absolute Gasteiger partial charge is 0.454 e. The van der Waals surface area contributed by atoms with E-state index in [1.807, 2.05) is 49.9 Å². The second kappa shape index (κ2) is 6.01. The van der Waals surface area contributed by atoms with Gasteiger partial charge in [0, 0.05) is 18.0 Å². The number of rotatable bonds is 4. The number of amides is 1. The van der Waals surface area contributed by atoms with Gasteiger partial charge in [0.05, 0.1) is 4.88 Å². The molecule has 3 rings (SSSR count). The summed E-state index contributed by atoms with van der Waals surface area (Å²) in [4.78, 5) is 16.5. The second-order valence-electron chi connectivity index (χ2n) is 5.36. The fourth-order valence-electron chi connectivity index (χ4n) is 2.42. The zero-order valence-corrected chi connectivity index (χ0v) is 13.8. The van der Waals surface area contributed by atoms with Crippen LogP contribution in [0.25, 0.3) is 0 Å². The maximum absolute atomic E-state index is 12.7. The number of nitrogens with zero attached hydrogens (tertiary/aromatic N) is 1. The minimum atomic E-state index is 0.0846. The Morgan fingerprint density at radius 2 is 2.00 bits per heavy atom. The zero-order chi connectivity index (χ0) is 15.7. The van der Waals surface area contributed by atoms with Crippen molar-refractivity contribution in [3.8, 4) is 11.5 Å². The highest BCUT2D eigenvalue weighted by Gasteiger charge is 2.19. The van der Waals surface area contributed by atoms with Crippen LogP contribution in [0, 0.1) is 13.8 Å². The minimum Gasteiger partial charge on any atom is -0.454 e. The average molecular weight is 317 g/mol. The Labute approximate surface area is 134 Å². The molecule has 0 saturated heterocycles. The maximum atomic E-state index is 12.7. The Morgan fingerprint density at radius 3 is 2.68 bits per heavy atom. The van der Waals surface area contributed by atoms with Crippen LogP contribution in [0.5, 0.6) is 11.5 Å². The molecule has 0 N–H and O–H groups in total. The Kier molecular flexibility index (Phi) is 4.07. The van der Waals surface area contributed by atoms with E-state index in [4.69, 9.17) is 9.47 Å². The van der Waals surface area contributed by atoms with Crippen molar-refractivity contribution in [1.29, 1.82) is 0 Å². The van der Waals surface area contributed by atoms with Gasteiger partial charge in [0.2, 0.25) is 6.79 Å². The van der Waals surface area contributed by atoms with Crippen LogP contribution in [-0.2, 0) is 6.54 Å². The summed E-state index contributed by atoms with van der Waals surface area (Å²) in [7, 11) is 0. The molecule has 0 aliphatic carbocycles. The van der Waals surface area contributed by atoms with Gasteiger partial charge in [0.1, 0.15) is 0 Å². The lowest BCUT2D eigenvalue weighted by Crippen LogP contribution is -2.29. The van der Waals surface area contributed by atoms with E-state index < -0.39 is 0 Å².